The highest BCUT2D eigenvalue weighted by Gasteiger charge is 2.23. The standard InChI is InChI=1S/C22H20N2O3S/c1-15-8-10-17(11-9-15)21-23-18(14-28-21)22(26)27-13-20(25)24-12-4-6-16-5-2-3-7-19(16)24/h2-3,5,7-11,14H,4,6,12-13H2,1H3. The highest BCUT2D eigenvalue weighted by atomic mass is 32.1. The van der Waals surface area contributed by atoms with Gasteiger partial charge >= 0.3 is 5.97 Å². The number of rotatable bonds is 4. The second-order valence-electron chi connectivity index (χ2n) is 6.76. The summed E-state index contributed by atoms with van der Waals surface area (Å²) in [7, 11) is 0. The molecule has 1 aliphatic rings. The molecule has 0 saturated heterocycles. The summed E-state index contributed by atoms with van der Waals surface area (Å²) in [4.78, 5) is 31.0. The van der Waals surface area contributed by atoms with Gasteiger partial charge in [0, 0.05) is 23.2 Å². The summed E-state index contributed by atoms with van der Waals surface area (Å²) >= 11 is 1.38. The predicted molar refractivity (Wildman–Crippen MR) is 110 cm³/mol. The number of amides is 1. The van der Waals surface area contributed by atoms with Gasteiger partial charge in [0.1, 0.15) is 5.01 Å². The first-order chi connectivity index (χ1) is 13.6. The molecule has 1 amide bonds. The maximum atomic E-state index is 12.6. The van der Waals surface area contributed by atoms with Crippen LogP contribution < -0.4 is 4.90 Å². The first-order valence-corrected chi connectivity index (χ1v) is 10.1. The van der Waals surface area contributed by atoms with E-state index in [2.05, 4.69) is 4.98 Å². The minimum atomic E-state index is -0.576. The number of hydrogen-bond acceptors (Lipinski definition) is 5. The maximum absolute atomic E-state index is 12.6. The zero-order valence-electron chi connectivity index (χ0n) is 15.6. The molecule has 2 aromatic carbocycles. The van der Waals surface area contributed by atoms with Gasteiger partial charge in [-0.05, 0) is 31.4 Å². The molecule has 0 unspecified atom stereocenters. The fraction of sp³-hybridized carbons (Fsp3) is 0.227. The molecule has 0 atom stereocenters. The number of benzene rings is 2. The molecular formula is C22H20N2O3S. The van der Waals surface area contributed by atoms with E-state index < -0.39 is 5.97 Å². The van der Waals surface area contributed by atoms with Crippen LogP contribution in [-0.2, 0) is 16.0 Å². The minimum absolute atomic E-state index is 0.213. The van der Waals surface area contributed by atoms with Gasteiger partial charge < -0.3 is 9.64 Å². The third-order valence-electron chi connectivity index (χ3n) is 4.75. The molecule has 0 radical (unpaired) electrons. The van der Waals surface area contributed by atoms with Crippen molar-refractivity contribution < 1.29 is 14.3 Å². The van der Waals surface area contributed by atoms with E-state index in [4.69, 9.17) is 4.74 Å². The fourth-order valence-corrected chi connectivity index (χ4v) is 4.06. The summed E-state index contributed by atoms with van der Waals surface area (Å²) in [6, 6.07) is 15.8. The molecule has 1 aliphatic heterocycles. The average molecular weight is 392 g/mol. The van der Waals surface area contributed by atoms with Crippen LogP contribution in [-0.4, -0.2) is 30.0 Å². The Bertz CT molecular complexity index is 1010. The van der Waals surface area contributed by atoms with Gasteiger partial charge in [-0.1, -0.05) is 48.0 Å². The lowest BCUT2D eigenvalue weighted by Crippen LogP contribution is -2.38. The van der Waals surface area contributed by atoms with Crippen molar-refractivity contribution in [2.24, 2.45) is 0 Å². The van der Waals surface area contributed by atoms with Crippen LogP contribution in [0.5, 0.6) is 0 Å². The van der Waals surface area contributed by atoms with Gasteiger partial charge in [0.2, 0.25) is 0 Å². The average Bonchev–Trinajstić information content (AvgIpc) is 3.22. The zero-order valence-corrected chi connectivity index (χ0v) is 16.4. The smallest absolute Gasteiger partial charge is 0.358 e. The Balaban J connectivity index is 1.40. The molecule has 1 aromatic heterocycles. The quantitative estimate of drug-likeness (QED) is 0.623. The van der Waals surface area contributed by atoms with E-state index in [0.717, 1.165) is 40.2 Å². The van der Waals surface area contributed by atoms with Crippen molar-refractivity contribution in [1.29, 1.82) is 0 Å². The van der Waals surface area contributed by atoms with Gasteiger partial charge in [-0.3, -0.25) is 4.79 Å². The number of ether oxygens (including phenoxy) is 1. The third-order valence-corrected chi connectivity index (χ3v) is 5.64. The van der Waals surface area contributed by atoms with Crippen LogP contribution in [0.15, 0.2) is 53.9 Å². The summed E-state index contributed by atoms with van der Waals surface area (Å²) in [5, 5.41) is 2.42. The third kappa shape index (κ3) is 3.82. The van der Waals surface area contributed by atoms with Crippen LogP contribution in [0.1, 0.15) is 28.0 Å². The number of thiazole rings is 1. The van der Waals surface area contributed by atoms with Crippen molar-refractivity contribution >= 4 is 28.9 Å². The molecule has 2 heterocycles. The molecule has 3 aromatic rings. The lowest BCUT2D eigenvalue weighted by molar-refractivity contribution is -0.121. The number of para-hydroxylation sites is 1. The minimum Gasteiger partial charge on any atom is -0.451 e. The molecule has 0 N–H and O–H groups in total. The summed E-state index contributed by atoms with van der Waals surface area (Å²) in [6.45, 7) is 2.37. The number of nitrogens with zero attached hydrogens (tertiary/aromatic N) is 2. The van der Waals surface area contributed by atoms with Crippen LogP contribution in [0.4, 0.5) is 5.69 Å². The SMILES string of the molecule is Cc1ccc(-c2nc(C(=O)OCC(=O)N3CCCc4ccccc43)cs2)cc1. The molecule has 4 rings (SSSR count). The number of anilines is 1. The first-order valence-electron chi connectivity index (χ1n) is 9.20. The van der Waals surface area contributed by atoms with E-state index in [1.54, 1.807) is 10.3 Å². The lowest BCUT2D eigenvalue weighted by Gasteiger charge is -2.29. The van der Waals surface area contributed by atoms with Crippen molar-refractivity contribution in [3.8, 4) is 10.6 Å². The van der Waals surface area contributed by atoms with E-state index in [1.165, 1.54) is 11.3 Å². The first kappa shape index (κ1) is 18.4. The van der Waals surface area contributed by atoms with Gasteiger partial charge in [-0.15, -0.1) is 11.3 Å². The Hall–Kier alpha value is -2.99. The second-order valence-corrected chi connectivity index (χ2v) is 7.62. The summed E-state index contributed by atoms with van der Waals surface area (Å²) in [5.41, 5.74) is 4.40. The normalized spacial score (nSPS) is 13.1. The van der Waals surface area contributed by atoms with E-state index in [0.29, 0.717) is 6.54 Å². The largest absolute Gasteiger partial charge is 0.451 e. The van der Waals surface area contributed by atoms with Gasteiger partial charge in [0.25, 0.3) is 5.91 Å². The van der Waals surface area contributed by atoms with E-state index in [9.17, 15) is 9.59 Å². The van der Waals surface area contributed by atoms with Gasteiger partial charge in [-0.25, -0.2) is 9.78 Å². The number of esters is 1. The van der Waals surface area contributed by atoms with Crippen molar-refractivity contribution in [2.75, 3.05) is 18.1 Å². The highest BCUT2D eigenvalue weighted by Crippen LogP contribution is 2.27. The Morgan fingerprint density at radius 3 is 2.75 bits per heavy atom. The molecule has 0 fully saturated rings. The Kier molecular flexibility index (Phi) is 5.21. The maximum Gasteiger partial charge on any atom is 0.358 e. The topological polar surface area (TPSA) is 59.5 Å². The Labute approximate surface area is 167 Å². The van der Waals surface area contributed by atoms with Crippen molar-refractivity contribution in [3.05, 3.63) is 70.7 Å². The predicted octanol–water partition coefficient (Wildman–Crippen LogP) is 4.25. The number of fused-ring (bicyclic) bond motifs is 1. The zero-order chi connectivity index (χ0) is 19.5. The van der Waals surface area contributed by atoms with Gasteiger partial charge in [-0.2, -0.15) is 0 Å². The van der Waals surface area contributed by atoms with Crippen molar-refractivity contribution in [1.82, 2.24) is 4.98 Å². The lowest BCUT2D eigenvalue weighted by atomic mass is 10.0. The fourth-order valence-electron chi connectivity index (χ4n) is 3.27. The van der Waals surface area contributed by atoms with Crippen LogP contribution in [0.2, 0.25) is 0 Å². The van der Waals surface area contributed by atoms with Crippen LogP contribution in [0.25, 0.3) is 10.6 Å². The van der Waals surface area contributed by atoms with E-state index >= 15 is 0 Å². The Morgan fingerprint density at radius 2 is 1.93 bits per heavy atom. The van der Waals surface area contributed by atoms with Gasteiger partial charge in [0.05, 0.1) is 0 Å². The molecule has 0 spiro atoms. The van der Waals surface area contributed by atoms with Crippen LogP contribution in [0, 0.1) is 6.92 Å². The monoisotopic (exact) mass is 392 g/mol. The molecule has 28 heavy (non-hydrogen) atoms. The number of carbonyl (C=O) groups excluding carboxylic acids is 2. The number of aromatic nitrogens is 1. The molecule has 5 nitrogen and oxygen atoms in total. The van der Waals surface area contributed by atoms with E-state index in [1.807, 2.05) is 55.5 Å². The molecular weight excluding hydrogens is 372 g/mol. The molecule has 0 bridgehead atoms. The molecule has 0 aliphatic carbocycles. The second kappa shape index (κ2) is 7.94. The van der Waals surface area contributed by atoms with Crippen molar-refractivity contribution in [2.45, 2.75) is 19.8 Å². The Morgan fingerprint density at radius 1 is 1.14 bits per heavy atom. The van der Waals surface area contributed by atoms with Crippen molar-refractivity contribution in [3.63, 3.8) is 0 Å². The van der Waals surface area contributed by atoms with Crippen LogP contribution >= 0.6 is 11.3 Å². The highest BCUT2D eigenvalue weighted by molar-refractivity contribution is 7.13. The number of aryl methyl sites for hydroxylation is 2. The summed E-state index contributed by atoms with van der Waals surface area (Å²) < 4.78 is 5.24. The molecule has 6 heteroatoms. The van der Waals surface area contributed by atoms with Crippen LogP contribution in [0.3, 0.4) is 0 Å². The number of hydrogen-bond donors (Lipinski definition) is 0. The summed E-state index contributed by atoms with van der Waals surface area (Å²) in [5.74, 6) is -0.789. The molecule has 0 saturated carbocycles. The number of carbonyl (C=O) groups is 2. The van der Waals surface area contributed by atoms with Gasteiger partial charge in [0.15, 0.2) is 12.3 Å². The summed E-state index contributed by atoms with van der Waals surface area (Å²) in [6.07, 6.45) is 1.86. The van der Waals surface area contributed by atoms with E-state index in [-0.39, 0.29) is 18.2 Å². The molecule has 142 valence electrons.